The molecule has 39 heavy (non-hydrogen) atoms. The summed E-state index contributed by atoms with van der Waals surface area (Å²) >= 11 is 0. The van der Waals surface area contributed by atoms with Gasteiger partial charge in [0.25, 0.3) is 5.78 Å². The molecule has 0 radical (unpaired) electrons. The first-order chi connectivity index (χ1) is 18.8. The number of fused-ring (bicyclic) bond motifs is 1. The fourth-order valence-electron chi connectivity index (χ4n) is 4.76. The molecule has 10 nitrogen and oxygen atoms in total. The molecule has 5 rings (SSSR count). The van der Waals surface area contributed by atoms with Crippen LogP contribution < -0.4 is 23.8 Å². The highest BCUT2D eigenvalue weighted by atomic mass is 16.5. The molecule has 4 aromatic rings. The standard InChI is InChI=1S/C29H26N2O8/c1-15-10-23(30-39-15)31-25(19-13-21(36-3)28(38-5)22(14-19)37-4)24(27(33)29(31)34)26(32)18-7-6-17-12-20(35-2)9-8-16(17)11-18/h6-14,25,32H,1-5H3/b26-24+. The summed E-state index contributed by atoms with van der Waals surface area (Å²) in [6, 6.07) is 14.4. The highest BCUT2D eigenvalue weighted by Gasteiger charge is 2.48. The maximum Gasteiger partial charge on any atom is 0.301 e. The summed E-state index contributed by atoms with van der Waals surface area (Å²) in [4.78, 5) is 28.1. The molecular formula is C29H26N2O8. The monoisotopic (exact) mass is 530 g/mol. The maximum absolute atomic E-state index is 13.5. The smallest absolute Gasteiger partial charge is 0.301 e. The molecule has 3 aromatic carbocycles. The number of amides is 1. The van der Waals surface area contributed by atoms with Crippen LogP contribution in [0.5, 0.6) is 23.0 Å². The number of benzene rings is 3. The van der Waals surface area contributed by atoms with Crippen molar-refractivity contribution in [2.75, 3.05) is 33.3 Å². The first kappa shape index (κ1) is 25.7. The molecule has 200 valence electrons. The summed E-state index contributed by atoms with van der Waals surface area (Å²) in [5.74, 6) is 0.141. The molecule has 1 unspecified atom stereocenters. The average Bonchev–Trinajstić information content (AvgIpc) is 3.50. The number of ether oxygens (including phenoxy) is 4. The van der Waals surface area contributed by atoms with E-state index in [2.05, 4.69) is 5.16 Å². The molecule has 1 aliphatic heterocycles. The average molecular weight is 531 g/mol. The topological polar surface area (TPSA) is 121 Å². The van der Waals surface area contributed by atoms with Crippen molar-refractivity contribution in [3.05, 3.63) is 77.1 Å². The van der Waals surface area contributed by atoms with Gasteiger partial charge in [-0.25, -0.2) is 0 Å². The summed E-state index contributed by atoms with van der Waals surface area (Å²) in [7, 11) is 5.98. The lowest BCUT2D eigenvalue weighted by molar-refractivity contribution is -0.132. The third-order valence-electron chi connectivity index (χ3n) is 6.63. The number of carbonyl (C=O) groups is 2. The number of hydrogen-bond acceptors (Lipinski definition) is 9. The molecule has 0 saturated carbocycles. The van der Waals surface area contributed by atoms with Gasteiger partial charge in [0.15, 0.2) is 17.3 Å². The number of carbonyl (C=O) groups excluding carboxylic acids is 2. The van der Waals surface area contributed by atoms with Crippen LogP contribution in [-0.4, -0.2) is 50.4 Å². The Kier molecular flexibility index (Phi) is 6.61. The Morgan fingerprint density at radius 1 is 0.872 bits per heavy atom. The maximum atomic E-state index is 13.5. The number of rotatable bonds is 7. The van der Waals surface area contributed by atoms with Crippen LogP contribution in [0.1, 0.15) is 22.9 Å². The predicted molar refractivity (Wildman–Crippen MR) is 143 cm³/mol. The molecule has 1 aromatic heterocycles. The lowest BCUT2D eigenvalue weighted by atomic mass is 9.94. The molecule has 2 heterocycles. The van der Waals surface area contributed by atoms with E-state index in [9.17, 15) is 14.7 Å². The van der Waals surface area contributed by atoms with E-state index in [1.54, 1.807) is 56.5 Å². The van der Waals surface area contributed by atoms with Crippen LogP contribution >= 0.6 is 0 Å². The summed E-state index contributed by atoms with van der Waals surface area (Å²) < 4.78 is 27.0. The van der Waals surface area contributed by atoms with Gasteiger partial charge in [-0.05, 0) is 53.6 Å². The Morgan fingerprint density at radius 3 is 2.13 bits per heavy atom. The van der Waals surface area contributed by atoms with Gasteiger partial charge in [0.2, 0.25) is 5.75 Å². The van der Waals surface area contributed by atoms with E-state index in [0.717, 1.165) is 10.8 Å². The van der Waals surface area contributed by atoms with Crippen LogP contribution in [0.3, 0.4) is 0 Å². The van der Waals surface area contributed by atoms with Crippen LogP contribution in [0.4, 0.5) is 5.82 Å². The molecule has 1 fully saturated rings. The minimum atomic E-state index is -1.07. The number of anilines is 1. The van der Waals surface area contributed by atoms with Gasteiger partial charge in [0.1, 0.15) is 17.3 Å². The minimum Gasteiger partial charge on any atom is -0.507 e. The number of nitrogens with zero attached hydrogens (tertiary/aromatic N) is 2. The lowest BCUT2D eigenvalue weighted by Gasteiger charge is -2.24. The fraction of sp³-hybridized carbons (Fsp3) is 0.207. The van der Waals surface area contributed by atoms with E-state index in [-0.39, 0.29) is 17.2 Å². The van der Waals surface area contributed by atoms with Crippen LogP contribution in [0, 0.1) is 6.92 Å². The first-order valence-electron chi connectivity index (χ1n) is 11.9. The summed E-state index contributed by atoms with van der Waals surface area (Å²) in [5.41, 5.74) is 0.665. The molecule has 1 amide bonds. The largest absolute Gasteiger partial charge is 0.507 e. The lowest BCUT2D eigenvalue weighted by Crippen LogP contribution is -2.29. The van der Waals surface area contributed by atoms with Crippen molar-refractivity contribution in [3.8, 4) is 23.0 Å². The van der Waals surface area contributed by atoms with E-state index in [0.29, 0.717) is 39.9 Å². The molecule has 1 atom stereocenters. The van der Waals surface area contributed by atoms with E-state index in [1.807, 2.05) is 12.1 Å². The number of hydrogen-bond donors (Lipinski definition) is 1. The number of aryl methyl sites for hydroxylation is 1. The molecule has 1 N–H and O–H groups in total. The second-order valence-corrected chi connectivity index (χ2v) is 8.85. The second-order valence-electron chi connectivity index (χ2n) is 8.85. The zero-order valence-corrected chi connectivity index (χ0v) is 22.0. The molecule has 0 bridgehead atoms. The van der Waals surface area contributed by atoms with Gasteiger partial charge in [-0.1, -0.05) is 23.4 Å². The fourth-order valence-corrected chi connectivity index (χ4v) is 4.76. The van der Waals surface area contributed by atoms with E-state index in [1.165, 1.54) is 26.2 Å². The Bertz CT molecular complexity index is 1610. The quantitative estimate of drug-likeness (QED) is 0.204. The van der Waals surface area contributed by atoms with Gasteiger partial charge >= 0.3 is 5.91 Å². The van der Waals surface area contributed by atoms with Gasteiger partial charge in [-0.15, -0.1) is 0 Å². The molecule has 0 aliphatic carbocycles. The number of methoxy groups -OCH3 is 4. The molecule has 10 heteroatoms. The van der Waals surface area contributed by atoms with Crippen molar-refractivity contribution in [2.24, 2.45) is 0 Å². The van der Waals surface area contributed by atoms with Crippen LogP contribution in [-0.2, 0) is 9.59 Å². The molecule has 1 saturated heterocycles. The number of Topliss-reactive ketones (excluding diaryl/α,β-unsaturated/α-hetero) is 1. The van der Waals surface area contributed by atoms with Gasteiger partial charge in [0, 0.05) is 11.6 Å². The second kappa shape index (κ2) is 10.1. The summed E-state index contributed by atoms with van der Waals surface area (Å²) in [5, 5.41) is 17.2. The third-order valence-corrected chi connectivity index (χ3v) is 6.63. The van der Waals surface area contributed by atoms with Gasteiger partial charge in [-0.2, -0.15) is 0 Å². The number of aromatic nitrogens is 1. The molecular weight excluding hydrogens is 504 g/mol. The highest BCUT2D eigenvalue weighted by molar-refractivity contribution is 6.51. The van der Waals surface area contributed by atoms with Crippen molar-refractivity contribution >= 4 is 34.0 Å². The van der Waals surface area contributed by atoms with Crippen molar-refractivity contribution in [3.63, 3.8) is 0 Å². The van der Waals surface area contributed by atoms with Gasteiger partial charge in [0.05, 0.1) is 40.1 Å². The van der Waals surface area contributed by atoms with E-state index < -0.39 is 17.7 Å². The predicted octanol–water partition coefficient (Wildman–Crippen LogP) is 4.80. The van der Waals surface area contributed by atoms with Gasteiger partial charge < -0.3 is 28.6 Å². The number of aliphatic hydroxyl groups is 1. The van der Waals surface area contributed by atoms with Gasteiger partial charge in [-0.3, -0.25) is 14.5 Å². The van der Waals surface area contributed by atoms with Crippen LogP contribution in [0.15, 0.2) is 64.7 Å². The summed E-state index contributed by atoms with van der Waals surface area (Å²) in [6.07, 6.45) is 0. The minimum absolute atomic E-state index is 0.122. The van der Waals surface area contributed by atoms with E-state index >= 15 is 0 Å². The molecule has 1 aliphatic rings. The van der Waals surface area contributed by atoms with Crippen molar-refractivity contribution in [1.82, 2.24) is 5.16 Å². The third kappa shape index (κ3) is 4.29. The Balaban J connectivity index is 1.75. The molecule has 0 spiro atoms. The highest BCUT2D eigenvalue weighted by Crippen LogP contribution is 2.47. The Labute approximate surface area is 223 Å². The number of ketones is 1. The first-order valence-corrected chi connectivity index (χ1v) is 11.9. The zero-order valence-electron chi connectivity index (χ0n) is 22.0. The Morgan fingerprint density at radius 2 is 1.54 bits per heavy atom. The number of aliphatic hydroxyl groups excluding tert-OH is 1. The zero-order chi connectivity index (χ0) is 27.8. The summed E-state index contributed by atoms with van der Waals surface area (Å²) in [6.45, 7) is 1.67. The Hall–Kier alpha value is -4.99. The van der Waals surface area contributed by atoms with Crippen molar-refractivity contribution < 1.29 is 38.2 Å². The van der Waals surface area contributed by atoms with E-state index in [4.69, 9.17) is 23.5 Å². The van der Waals surface area contributed by atoms with Crippen LogP contribution in [0.2, 0.25) is 0 Å². The normalized spacial score (nSPS) is 16.5. The van der Waals surface area contributed by atoms with Crippen LogP contribution in [0.25, 0.3) is 16.5 Å². The van der Waals surface area contributed by atoms with Crippen molar-refractivity contribution in [2.45, 2.75) is 13.0 Å². The van der Waals surface area contributed by atoms with Crippen molar-refractivity contribution in [1.29, 1.82) is 0 Å². The SMILES string of the molecule is COc1ccc2cc(/C(O)=C3\C(=O)C(=O)N(c4cc(C)on4)C3c3cc(OC)c(OC)c(OC)c3)ccc2c1.